The first kappa shape index (κ1) is 16.6. The number of nitrogens with zero attached hydrogens (tertiary/aromatic N) is 1. The molecule has 1 fully saturated rings. The second-order valence-corrected chi connectivity index (χ2v) is 6.90. The first-order chi connectivity index (χ1) is 12.6. The monoisotopic (exact) mass is 350 g/mol. The predicted octanol–water partition coefficient (Wildman–Crippen LogP) is 3.15. The Morgan fingerprint density at radius 1 is 1.12 bits per heavy atom. The SMILES string of the molecule is CC1CNC(=O)CCN1C(=O)OCC1c2ccccc2-c2ccccc21. The average molecular weight is 350 g/mol. The van der Waals surface area contributed by atoms with Gasteiger partial charge in [0.2, 0.25) is 5.91 Å². The molecule has 2 amide bonds. The Hall–Kier alpha value is -2.82. The molecule has 1 aliphatic carbocycles. The molecule has 134 valence electrons. The van der Waals surface area contributed by atoms with Gasteiger partial charge in [-0.05, 0) is 29.2 Å². The normalized spacial score (nSPS) is 19.3. The molecule has 2 aromatic rings. The molecule has 5 heteroatoms. The van der Waals surface area contributed by atoms with E-state index in [1.807, 2.05) is 31.2 Å². The number of hydrogen-bond acceptors (Lipinski definition) is 3. The number of nitrogens with one attached hydrogen (secondary N) is 1. The van der Waals surface area contributed by atoms with Gasteiger partial charge in [-0.2, -0.15) is 0 Å². The van der Waals surface area contributed by atoms with Crippen molar-refractivity contribution in [2.24, 2.45) is 0 Å². The third-order valence-corrected chi connectivity index (χ3v) is 5.28. The minimum absolute atomic E-state index is 0.0224. The van der Waals surface area contributed by atoms with E-state index in [0.29, 0.717) is 26.1 Å². The topological polar surface area (TPSA) is 58.6 Å². The first-order valence-electron chi connectivity index (χ1n) is 9.03. The summed E-state index contributed by atoms with van der Waals surface area (Å²) >= 11 is 0. The predicted molar refractivity (Wildman–Crippen MR) is 98.9 cm³/mol. The van der Waals surface area contributed by atoms with Gasteiger partial charge in [-0.15, -0.1) is 0 Å². The van der Waals surface area contributed by atoms with E-state index in [1.54, 1.807) is 4.90 Å². The van der Waals surface area contributed by atoms with E-state index in [0.717, 1.165) is 0 Å². The molecule has 1 aliphatic heterocycles. The maximum atomic E-state index is 12.6. The Morgan fingerprint density at radius 3 is 2.38 bits per heavy atom. The Balaban J connectivity index is 1.51. The van der Waals surface area contributed by atoms with Crippen molar-refractivity contribution in [3.05, 3.63) is 59.7 Å². The summed E-state index contributed by atoms with van der Waals surface area (Å²) in [6.45, 7) is 3.08. The molecule has 0 spiro atoms. The van der Waals surface area contributed by atoms with Gasteiger partial charge in [0, 0.05) is 31.5 Å². The Labute approximate surface area is 153 Å². The van der Waals surface area contributed by atoms with Gasteiger partial charge in [0.15, 0.2) is 0 Å². The van der Waals surface area contributed by atoms with Crippen LogP contribution in [0.5, 0.6) is 0 Å². The molecular formula is C21H22N2O3. The largest absolute Gasteiger partial charge is 0.448 e. The molecule has 1 saturated heterocycles. The van der Waals surface area contributed by atoms with Crippen LogP contribution in [0.25, 0.3) is 11.1 Å². The van der Waals surface area contributed by atoms with E-state index >= 15 is 0 Å². The van der Waals surface area contributed by atoms with Gasteiger partial charge in [0.1, 0.15) is 6.61 Å². The number of carbonyl (C=O) groups is 2. The summed E-state index contributed by atoms with van der Waals surface area (Å²) in [5.41, 5.74) is 4.81. The standard InChI is InChI=1S/C21H22N2O3/c1-14-12-22-20(24)10-11-23(14)21(25)26-13-19-17-8-4-2-6-15(17)16-7-3-5-9-18(16)19/h2-9,14,19H,10-13H2,1H3,(H,22,24). The summed E-state index contributed by atoms with van der Waals surface area (Å²) < 4.78 is 5.69. The summed E-state index contributed by atoms with van der Waals surface area (Å²) in [7, 11) is 0. The van der Waals surface area contributed by atoms with Crippen molar-refractivity contribution in [1.29, 1.82) is 0 Å². The van der Waals surface area contributed by atoms with Crippen molar-refractivity contribution >= 4 is 12.0 Å². The van der Waals surface area contributed by atoms with Crippen molar-refractivity contribution < 1.29 is 14.3 Å². The van der Waals surface area contributed by atoms with Crippen LogP contribution >= 0.6 is 0 Å². The zero-order valence-electron chi connectivity index (χ0n) is 14.8. The lowest BCUT2D eigenvalue weighted by Gasteiger charge is -2.26. The van der Waals surface area contributed by atoms with Crippen molar-refractivity contribution in [3.8, 4) is 11.1 Å². The van der Waals surface area contributed by atoms with Gasteiger partial charge in [-0.3, -0.25) is 4.79 Å². The zero-order chi connectivity index (χ0) is 18.1. The highest BCUT2D eigenvalue weighted by Gasteiger charge is 2.31. The van der Waals surface area contributed by atoms with Crippen LogP contribution in [0.3, 0.4) is 0 Å². The number of amides is 2. The molecule has 4 rings (SSSR count). The Bertz CT molecular complexity index is 803. The summed E-state index contributed by atoms with van der Waals surface area (Å²) in [5.74, 6) is 0.0270. The van der Waals surface area contributed by atoms with E-state index in [2.05, 4.69) is 29.6 Å². The number of ether oxygens (including phenoxy) is 1. The lowest BCUT2D eigenvalue weighted by Crippen LogP contribution is -2.42. The number of fused-ring (bicyclic) bond motifs is 3. The zero-order valence-corrected chi connectivity index (χ0v) is 14.8. The average Bonchev–Trinajstić information content (AvgIpc) is 2.88. The summed E-state index contributed by atoms with van der Waals surface area (Å²) in [5, 5.41) is 2.81. The second-order valence-electron chi connectivity index (χ2n) is 6.90. The van der Waals surface area contributed by atoms with Crippen LogP contribution in [0.2, 0.25) is 0 Å². The third-order valence-electron chi connectivity index (χ3n) is 5.28. The minimum Gasteiger partial charge on any atom is -0.448 e. The lowest BCUT2D eigenvalue weighted by atomic mass is 9.98. The molecule has 0 saturated carbocycles. The van der Waals surface area contributed by atoms with E-state index < -0.39 is 0 Å². The van der Waals surface area contributed by atoms with Gasteiger partial charge in [0.25, 0.3) is 0 Å². The smallest absolute Gasteiger partial charge is 0.410 e. The molecule has 0 aromatic heterocycles. The third kappa shape index (κ3) is 2.94. The number of benzene rings is 2. The second kappa shape index (κ2) is 6.83. The molecule has 1 unspecified atom stereocenters. The molecule has 26 heavy (non-hydrogen) atoms. The fraction of sp³-hybridized carbons (Fsp3) is 0.333. The number of carbonyl (C=O) groups excluding carboxylic acids is 2. The summed E-state index contributed by atoms with van der Waals surface area (Å²) in [6, 6.07) is 16.5. The molecule has 2 aliphatic rings. The van der Waals surface area contributed by atoms with Crippen LogP contribution in [0.1, 0.15) is 30.4 Å². The lowest BCUT2D eigenvalue weighted by molar-refractivity contribution is -0.120. The van der Waals surface area contributed by atoms with Gasteiger partial charge in [-0.1, -0.05) is 48.5 Å². The number of hydrogen-bond donors (Lipinski definition) is 1. The van der Waals surface area contributed by atoms with Crippen LogP contribution in [-0.2, 0) is 9.53 Å². The maximum absolute atomic E-state index is 12.6. The summed E-state index contributed by atoms with van der Waals surface area (Å²) in [6.07, 6.45) is -0.0370. The van der Waals surface area contributed by atoms with Gasteiger partial charge in [0.05, 0.1) is 0 Å². The molecule has 1 heterocycles. The van der Waals surface area contributed by atoms with Crippen molar-refractivity contribution in [1.82, 2.24) is 10.2 Å². The quantitative estimate of drug-likeness (QED) is 0.905. The molecule has 2 aromatic carbocycles. The maximum Gasteiger partial charge on any atom is 0.410 e. The van der Waals surface area contributed by atoms with Crippen molar-refractivity contribution in [2.75, 3.05) is 19.7 Å². The molecule has 1 N–H and O–H groups in total. The first-order valence-corrected chi connectivity index (χ1v) is 9.03. The molecule has 5 nitrogen and oxygen atoms in total. The molecule has 0 bridgehead atoms. The van der Waals surface area contributed by atoms with Crippen LogP contribution < -0.4 is 5.32 Å². The Kier molecular flexibility index (Phi) is 4.37. The highest BCUT2D eigenvalue weighted by molar-refractivity contribution is 5.79. The van der Waals surface area contributed by atoms with Crippen LogP contribution in [0, 0.1) is 0 Å². The van der Waals surface area contributed by atoms with Crippen LogP contribution in [0.15, 0.2) is 48.5 Å². The van der Waals surface area contributed by atoms with Crippen molar-refractivity contribution in [3.63, 3.8) is 0 Å². The van der Waals surface area contributed by atoms with E-state index in [1.165, 1.54) is 22.3 Å². The van der Waals surface area contributed by atoms with E-state index in [4.69, 9.17) is 4.74 Å². The highest BCUT2D eigenvalue weighted by atomic mass is 16.6. The van der Waals surface area contributed by atoms with E-state index in [-0.39, 0.29) is 24.0 Å². The fourth-order valence-corrected chi connectivity index (χ4v) is 3.85. The van der Waals surface area contributed by atoms with Gasteiger partial charge < -0.3 is 15.0 Å². The number of rotatable bonds is 2. The summed E-state index contributed by atoms with van der Waals surface area (Å²) in [4.78, 5) is 25.8. The minimum atomic E-state index is -0.351. The van der Waals surface area contributed by atoms with Gasteiger partial charge >= 0.3 is 6.09 Å². The Morgan fingerprint density at radius 2 is 1.73 bits per heavy atom. The molecule has 1 atom stereocenters. The highest BCUT2D eigenvalue weighted by Crippen LogP contribution is 2.44. The fourth-order valence-electron chi connectivity index (χ4n) is 3.85. The molecular weight excluding hydrogens is 328 g/mol. The van der Waals surface area contributed by atoms with E-state index in [9.17, 15) is 9.59 Å². The van der Waals surface area contributed by atoms with Gasteiger partial charge in [-0.25, -0.2) is 4.79 Å². The van der Waals surface area contributed by atoms with Crippen LogP contribution in [-0.4, -0.2) is 42.6 Å². The van der Waals surface area contributed by atoms with Crippen LogP contribution in [0.4, 0.5) is 4.79 Å². The van der Waals surface area contributed by atoms with Crippen molar-refractivity contribution in [2.45, 2.75) is 25.3 Å². The molecule has 0 radical (unpaired) electrons.